The van der Waals surface area contributed by atoms with E-state index in [0.29, 0.717) is 5.82 Å². The Balaban J connectivity index is 1.61. The van der Waals surface area contributed by atoms with Crippen LogP contribution in [0.25, 0.3) is 27.6 Å². The smallest absolute Gasteiger partial charge is 0.150 e. The Kier molecular flexibility index (Phi) is 4.72. The van der Waals surface area contributed by atoms with Crippen molar-refractivity contribution in [3.63, 3.8) is 0 Å². The highest BCUT2D eigenvalue weighted by Crippen LogP contribution is 2.32. The van der Waals surface area contributed by atoms with Crippen LogP contribution in [0, 0.1) is 0 Å². The van der Waals surface area contributed by atoms with Crippen LogP contribution >= 0.6 is 0 Å². The molecule has 0 unspecified atom stereocenters. The van der Waals surface area contributed by atoms with Crippen LogP contribution in [0.3, 0.4) is 0 Å². The fraction of sp³-hybridized carbons (Fsp3) is 0.125. The third kappa shape index (κ3) is 3.73. The molecular formula is C24H21N5. The fourth-order valence-corrected chi connectivity index (χ4v) is 3.73. The van der Waals surface area contributed by atoms with Gasteiger partial charge in [-0.3, -0.25) is 4.98 Å². The van der Waals surface area contributed by atoms with Crippen LogP contribution in [0.4, 0.5) is 11.6 Å². The molecular weight excluding hydrogens is 358 g/mol. The van der Waals surface area contributed by atoms with Crippen LogP contribution in [0.5, 0.6) is 0 Å². The van der Waals surface area contributed by atoms with Crippen LogP contribution in [0.15, 0.2) is 79.3 Å². The molecule has 2 aromatic carbocycles. The Bertz CT molecular complexity index is 1180. The summed E-state index contributed by atoms with van der Waals surface area (Å²) in [4.78, 5) is 13.4. The molecule has 0 saturated heterocycles. The molecule has 0 amide bonds. The molecule has 2 N–H and O–H groups in total. The lowest BCUT2D eigenvalue weighted by molar-refractivity contribution is 0.738. The maximum Gasteiger partial charge on any atom is 0.150 e. The summed E-state index contributed by atoms with van der Waals surface area (Å²) in [7, 11) is 0. The van der Waals surface area contributed by atoms with Crippen LogP contribution in [-0.2, 0) is 0 Å². The lowest BCUT2D eigenvalue weighted by atomic mass is 9.96. The van der Waals surface area contributed by atoms with Gasteiger partial charge in [0.2, 0.25) is 0 Å². The first-order chi connectivity index (χ1) is 14.4. The topological polar surface area (TPSA) is 62.7 Å². The minimum atomic E-state index is 0.676. The van der Waals surface area contributed by atoms with E-state index in [9.17, 15) is 0 Å². The van der Waals surface area contributed by atoms with Crippen molar-refractivity contribution in [2.75, 3.05) is 18.4 Å². The van der Waals surface area contributed by atoms with Crippen molar-refractivity contribution in [2.45, 2.75) is 6.42 Å². The molecule has 1 aliphatic rings. The lowest BCUT2D eigenvalue weighted by Gasteiger charge is -2.16. The van der Waals surface area contributed by atoms with Crippen LogP contribution in [0.2, 0.25) is 0 Å². The Morgan fingerprint density at radius 1 is 0.897 bits per heavy atom. The number of aromatic nitrogens is 3. The van der Waals surface area contributed by atoms with Crippen LogP contribution < -0.4 is 10.6 Å². The van der Waals surface area contributed by atoms with Gasteiger partial charge in [0, 0.05) is 29.9 Å². The number of rotatable bonds is 4. The van der Waals surface area contributed by atoms with E-state index in [-0.39, 0.29) is 0 Å². The summed E-state index contributed by atoms with van der Waals surface area (Å²) >= 11 is 0. The van der Waals surface area contributed by atoms with E-state index >= 15 is 0 Å². The molecule has 5 rings (SSSR count). The summed E-state index contributed by atoms with van der Waals surface area (Å²) in [6, 6.07) is 19.1. The SMILES string of the molecule is C1=C(c2cccc(-c3nc(Nc4cnccn4)cc4ccccc34)c2)CCNC1. The zero-order valence-corrected chi connectivity index (χ0v) is 16.0. The molecule has 4 aromatic rings. The van der Waals surface area contributed by atoms with E-state index in [4.69, 9.17) is 4.98 Å². The number of hydrogen-bond acceptors (Lipinski definition) is 5. The molecule has 5 heteroatoms. The zero-order chi connectivity index (χ0) is 19.5. The summed E-state index contributed by atoms with van der Waals surface area (Å²) in [5, 5.41) is 8.92. The Morgan fingerprint density at radius 2 is 1.83 bits per heavy atom. The van der Waals surface area contributed by atoms with Gasteiger partial charge in [0.05, 0.1) is 11.9 Å². The number of pyridine rings is 1. The first-order valence-corrected chi connectivity index (χ1v) is 9.80. The molecule has 2 aromatic heterocycles. The van der Waals surface area contributed by atoms with Crippen molar-refractivity contribution >= 4 is 28.0 Å². The molecule has 0 bridgehead atoms. The normalized spacial score (nSPS) is 13.9. The van der Waals surface area contributed by atoms with Gasteiger partial charge in [0.15, 0.2) is 0 Å². The quantitative estimate of drug-likeness (QED) is 0.533. The number of nitrogens with one attached hydrogen (secondary N) is 2. The van der Waals surface area contributed by atoms with Crippen molar-refractivity contribution < 1.29 is 0 Å². The van der Waals surface area contributed by atoms with Gasteiger partial charge in [-0.2, -0.15) is 0 Å². The molecule has 5 nitrogen and oxygen atoms in total. The number of hydrogen-bond donors (Lipinski definition) is 2. The molecule has 0 atom stereocenters. The molecule has 3 heterocycles. The van der Waals surface area contributed by atoms with Gasteiger partial charge in [0.1, 0.15) is 11.6 Å². The molecule has 142 valence electrons. The van der Waals surface area contributed by atoms with Crippen molar-refractivity contribution in [2.24, 2.45) is 0 Å². The zero-order valence-electron chi connectivity index (χ0n) is 16.0. The highest BCUT2D eigenvalue weighted by Gasteiger charge is 2.12. The van der Waals surface area contributed by atoms with Crippen LogP contribution in [0.1, 0.15) is 12.0 Å². The van der Waals surface area contributed by atoms with E-state index in [1.807, 2.05) is 6.07 Å². The predicted molar refractivity (Wildman–Crippen MR) is 118 cm³/mol. The number of nitrogens with zero attached hydrogens (tertiary/aromatic N) is 3. The predicted octanol–water partition coefficient (Wildman–Crippen LogP) is 4.81. The number of benzene rings is 2. The molecule has 0 saturated carbocycles. The second kappa shape index (κ2) is 7.81. The average molecular weight is 379 g/mol. The van der Waals surface area contributed by atoms with Crippen molar-refractivity contribution in [1.82, 2.24) is 20.3 Å². The maximum absolute atomic E-state index is 4.94. The third-order valence-electron chi connectivity index (χ3n) is 5.13. The first kappa shape index (κ1) is 17.5. The molecule has 0 fully saturated rings. The minimum absolute atomic E-state index is 0.676. The van der Waals surface area contributed by atoms with E-state index in [2.05, 4.69) is 75.2 Å². The minimum Gasteiger partial charge on any atom is -0.324 e. The molecule has 0 radical (unpaired) electrons. The van der Waals surface area contributed by atoms with E-state index in [0.717, 1.165) is 47.4 Å². The average Bonchev–Trinajstić information content (AvgIpc) is 2.80. The Morgan fingerprint density at radius 3 is 2.69 bits per heavy atom. The molecule has 0 aliphatic carbocycles. The van der Waals surface area contributed by atoms with Crippen molar-refractivity contribution in [3.05, 3.63) is 84.8 Å². The highest BCUT2D eigenvalue weighted by molar-refractivity contribution is 5.97. The van der Waals surface area contributed by atoms with Crippen molar-refractivity contribution in [3.8, 4) is 11.3 Å². The summed E-state index contributed by atoms with van der Waals surface area (Å²) in [5.74, 6) is 1.43. The summed E-state index contributed by atoms with van der Waals surface area (Å²) in [6.07, 6.45) is 8.35. The van der Waals surface area contributed by atoms with E-state index in [1.54, 1.807) is 18.6 Å². The third-order valence-corrected chi connectivity index (χ3v) is 5.13. The standard InChI is InChI=1S/C24H21N5/c1-2-7-21-19(4-1)15-22(28-23-16-26-12-13-27-23)29-24(21)20-6-3-5-18(14-20)17-8-10-25-11-9-17/h1-8,12-16,25H,9-11H2,(H,27,28,29). The summed E-state index contributed by atoms with van der Waals surface area (Å²) < 4.78 is 0. The van der Waals surface area contributed by atoms with Gasteiger partial charge in [-0.05, 0) is 41.6 Å². The first-order valence-electron chi connectivity index (χ1n) is 9.80. The monoisotopic (exact) mass is 379 g/mol. The van der Waals surface area contributed by atoms with E-state index < -0.39 is 0 Å². The maximum atomic E-state index is 4.94. The van der Waals surface area contributed by atoms with E-state index in [1.165, 1.54) is 11.1 Å². The Labute approximate surface area is 169 Å². The van der Waals surface area contributed by atoms with Gasteiger partial charge in [-0.25, -0.2) is 9.97 Å². The lowest BCUT2D eigenvalue weighted by Crippen LogP contribution is -2.19. The Hall–Kier alpha value is -3.57. The van der Waals surface area contributed by atoms with Gasteiger partial charge in [-0.1, -0.05) is 48.5 Å². The number of anilines is 2. The van der Waals surface area contributed by atoms with Gasteiger partial charge < -0.3 is 10.6 Å². The summed E-state index contributed by atoms with van der Waals surface area (Å²) in [5.41, 5.74) is 4.73. The highest BCUT2D eigenvalue weighted by atomic mass is 15.1. The largest absolute Gasteiger partial charge is 0.324 e. The number of fused-ring (bicyclic) bond motifs is 1. The van der Waals surface area contributed by atoms with Gasteiger partial charge in [-0.15, -0.1) is 0 Å². The second-order valence-corrected chi connectivity index (χ2v) is 7.06. The van der Waals surface area contributed by atoms with Gasteiger partial charge >= 0.3 is 0 Å². The second-order valence-electron chi connectivity index (χ2n) is 7.06. The molecule has 29 heavy (non-hydrogen) atoms. The summed E-state index contributed by atoms with van der Waals surface area (Å²) in [6.45, 7) is 1.95. The molecule has 1 aliphatic heterocycles. The van der Waals surface area contributed by atoms with Gasteiger partial charge in [0.25, 0.3) is 0 Å². The fourth-order valence-electron chi connectivity index (χ4n) is 3.73. The van der Waals surface area contributed by atoms with Crippen LogP contribution in [-0.4, -0.2) is 28.0 Å². The molecule has 0 spiro atoms. The van der Waals surface area contributed by atoms with Crippen molar-refractivity contribution in [1.29, 1.82) is 0 Å².